The second kappa shape index (κ2) is 8.07. The Labute approximate surface area is 179 Å². The Morgan fingerprint density at radius 2 is 1.74 bits per heavy atom. The topological polar surface area (TPSA) is 135 Å². The lowest BCUT2D eigenvalue weighted by Gasteiger charge is -2.33. The van der Waals surface area contributed by atoms with Gasteiger partial charge in [0.05, 0.1) is 11.2 Å². The van der Waals surface area contributed by atoms with E-state index >= 15 is 0 Å². The van der Waals surface area contributed by atoms with Crippen LogP contribution in [0.5, 0.6) is 0 Å². The third kappa shape index (κ3) is 4.63. The summed E-state index contributed by atoms with van der Waals surface area (Å²) in [5.41, 5.74) is -2.09. The van der Waals surface area contributed by atoms with E-state index in [0.717, 1.165) is 0 Å². The number of esters is 4. The molecular formula is C21H26O10. The Kier molecular flexibility index (Phi) is 5.96. The number of hydrogen-bond acceptors (Lipinski definition) is 10. The van der Waals surface area contributed by atoms with Crippen molar-refractivity contribution in [3.05, 3.63) is 11.1 Å². The lowest BCUT2D eigenvalue weighted by atomic mass is 9.80. The molecule has 3 aliphatic rings. The molecule has 0 aromatic heterocycles. The maximum atomic E-state index is 13.0. The summed E-state index contributed by atoms with van der Waals surface area (Å²) in [4.78, 5) is 60.6. The van der Waals surface area contributed by atoms with Crippen molar-refractivity contribution in [1.82, 2.24) is 0 Å². The first-order chi connectivity index (χ1) is 14.4. The first kappa shape index (κ1) is 22.9. The van der Waals surface area contributed by atoms with Crippen LogP contribution in [0.4, 0.5) is 0 Å². The summed E-state index contributed by atoms with van der Waals surface area (Å²) in [6, 6.07) is 0. The van der Waals surface area contributed by atoms with Crippen LogP contribution in [0.15, 0.2) is 11.1 Å². The van der Waals surface area contributed by atoms with Gasteiger partial charge in [0, 0.05) is 39.2 Å². The van der Waals surface area contributed by atoms with E-state index in [0.29, 0.717) is 6.42 Å². The van der Waals surface area contributed by atoms with Gasteiger partial charge in [-0.15, -0.1) is 0 Å². The number of carbonyl (C=O) groups is 5. The fourth-order valence-corrected chi connectivity index (χ4v) is 4.22. The van der Waals surface area contributed by atoms with Gasteiger partial charge in [-0.2, -0.15) is 0 Å². The molecule has 10 heteroatoms. The Morgan fingerprint density at radius 1 is 1.06 bits per heavy atom. The summed E-state index contributed by atoms with van der Waals surface area (Å²) in [5.74, 6) is -3.04. The van der Waals surface area contributed by atoms with E-state index in [9.17, 15) is 24.0 Å². The number of Topliss-reactive ketones (excluding diaryl/α,β-unsaturated/α-hetero) is 1. The highest BCUT2D eigenvalue weighted by molar-refractivity contribution is 5.94. The zero-order valence-corrected chi connectivity index (χ0v) is 18.1. The lowest BCUT2D eigenvalue weighted by Crippen LogP contribution is -2.46. The zero-order valence-electron chi connectivity index (χ0n) is 18.1. The van der Waals surface area contributed by atoms with Gasteiger partial charge in [-0.3, -0.25) is 19.2 Å². The molecule has 1 saturated heterocycles. The number of carbonyl (C=O) groups excluding carboxylic acids is 5. The highest BCUT2D eigenvalue weighted by Gasteiger charge is 2.63. The standard InChI is InChI=1S/C21H26O10/c1-10(22)27-9-13-16-14(28-11(2)23)8-21(5,30-12(3)24)15(25)6-7-20(4)18(31-20)17(16)29-19(13)26/h14,17-18H,6-9H2,1-5H3/t14-,17-,18-,20+,21-/m0/s1. The average molecular weight is 438 g/mol. The van der Waals surface area contributed by atoms with E-state index in [1.54, 1.807) is 6.92 Å². The molecule has 0 amide bonds. The van der Waals surface area contributed by atoms with Gasteiger partial charge in [0.15, 0.2) is 17.5 Å². The van der Waals surface area contributed by atoms with E-state index < -0.39 is 53.4 Å². The monoisotopic (exact) mass is 438 g/mol. The summed E-state index contributed by atoms with van der Waals surface area (Å²) >= 11 is 0. The van der Waals surface area contributed by atoms with Crippen molar-refractivity contribution in [1.29, 1.82) is 0 Å². The maximum absolute atomic E-state index is 13.0. The minimum atomic E-state index is -1.61. The summed E-state index contributed by atoms with van der Waals surface area (Å²) < 4.78 is 27.2. The fraction of sp³-hybridized carbons (Fsp3) is 0.667. The molecule has 5 atom stereocenters. The van der Waals surface area contributed by atoms with E-state index in [1.165, 1.54) is 27.7 Å². The molecule has 1 saturated carbocycles. The molecule has 31 heavy (non-hydrogen) atoms. The Bertz CT molecular complexity index is 873. The maximum Gasteiger partial charge on any atom is 0.338 e. The van der Waals surface area contributed by atoms with Gasteiger partial charge in [0.2, 0.25) is 0 Å². The molecule has 170 valence electrons. The van der Waals surface area contributed by atoms with Gasteiger partial charge < -0.3 is 23.7 Å². The molecule has 0 spiro atoms. The van der Waals surface area contributed by atoms with Crippen molar-refractivity contribution < 1.29 is 47.7 Å². The van der Waals surface area contributed by atoms with Crippen LogP contribution in [0.25, 0.3) is 0 Å². The van der Waals surface area contributed by atoms with E-state index in [2.05, 4.69) is 0 Å². The SMILES string of the molecule is CC(=O)OCC1=C2[C@@H](OC(C)=O)C[C@](C)(OC(C)=O)C(=O)CC[C@@]3(C)O[C@H]3[C@H]2OC1=O. The van der Waals surface area contributed by atoms with Gasteiger partial charge in [-0.25, -0.2) is 4.79 Å². The molecule has 0 bridgehead atoms. The Hall–Kier alpha value is -2.75. The van der Waals surface area contributed by atoms with Gasteiger partial charge in [0.1, 0.15) is 18.8 Å². The van der Waals surface area contributed by atoms with Gasteiger partial charge in [-0.05, 0) is 20.3 Å². The second-order valence-electron chi connectivity index (χ2n) is 8.44. The summed E-state index contributed by atoms with van der Waals surface area (Å²) in [6.45, 7) is 6.39. The lowest BCUT2D eigenvalue weighted by molar-refractivity contribution is -0.169. The van der Waals surface area contributed by atoms with Crippen molar-refractivity contribution in [3.8, 4) is 0 Å². The van der Waals surface area contributed by atoms with Crippen molar-refractivity contribution >= 4 is 29.7 Å². The van der Waals surface area contributed by atoms with Crippen molar-refractivity contribution in [2.24, 2.45) is 0 Å². The number of rotatable bonds is 4. The minimum absolute atomic E-state index is 0.0162. The molecule has 3 rings (SSSR count). The van der Waals surface area contributed by atoms with Crippen LogP contribution in [0.1, 0.15) is 53.9 Å². The smallest absolute Gasteiger partial charge is 0.338 e. The molecule has 2 heterocycles. The predicted octanol–water partition coefficient (Wildman–Crippen LogP) is 0.935. The molecule has 0 aromatic carbocycles. The molecule has 0 radical (unpaired) electrons. The van der Waals surface area contributed by atoms with Crippen LogP contribution in [-0.4, -0.2) is 65.8 Å². The molecule has 0 unspecified atom stereocenters. The molecule has 1 aliphatic carbocycles. The largest absolute Gasteiger partial charge is 0.461 e. The zero-order chi connectivity index (χ0) is 23.1. The number of ketones is 1. The summed E-state index contributed by atoms with van der Waals surface area (Å²) in [6.07, 6.45) is -2.41. The number of fused-ring (bicyclic) bond motifs is 3. The summed E-state index contributed by atoms with van der Waals surface area (Å²) in [5, 5.41) is 0. The van der Waals surface area contributed by atoms with Crippen LogP contribution < -0.4 is 0 Å². The van der Waals surface area contributed by atoms with Gasteiger partial charge in [0.25, 0.3) is 0 Å². The number of hydrogen-bond donors (Lipinski definition) is 0. The molecule has 0 N–H and O–H groups in total. The first-order valence-electron chi connectivity index (χ1n) is 10.0. The number of ether oxygens (including phenoxy) is 5. The molecule has 2 aliphatic heterocycles. The van der Waals surface area contributed by atoms with E-state index in [4.69, 9.17) is 23.7 Å². The molecule has 0 aromatic rings. The predicted molar refractivity (Wildman–Crippen MR) is 101 cm³/mol. The van der Waals surface area contributed by atoms with Crippen LogP contribution in [0.3, 0.4) is 0 Å². The van der Waals surface area contributed by atoms with E-state index in [1.807, 2.05) is 0 Å². The Morgan fingerprint density at radius 3 is 2.32 bits per heavy atom. The summed E-state index contributed by atoms with van der Waals surface area (Å²) in [7, 11) is 0. The third-order valence-electron chi connectivity index (χ3n) is 5.81. The molecule has 10 nitrogen and oxygen atoms in total. The fourth-order valence-electron chi connectivity index (χ4n) is 4.22. The van der Waals surface area contributed by atoms with Crippen LogP contribution in [0.2, 0.25) is 0 Å². The normalized spacial score (nSPS) is 34.8. The molecule has 2 fully saturated rings. The quantitative estimate of drug-likeness (QED) is 0.354. The third-order valence-corrected chi connectivity index (χ3v) is 5.81. The highest BCUT2D eigenvalue weighted by atomic mass is 16.7. The van der Waals surface area contributed by atoms with Gasteiger partial charge >= 0.3 is 23.9 Å². The van der Waals surface area contributed by atoms with E-state index in [-0.39, 0.29) is 36.4 Å². The van der Waals surface area contributed by atoms with Crippen molar-refractivity contribution in [2.75, 3.05) is 6.61 Å². The second-order valence-corrected chi connectivity index (χ2v) is 8.44. The highest BCUT2D eigenvalue weighted by Crippen LogP contribution is 2.50. The molecular weight excluding hydrogens is 412 g/mol. The van der Waals surface area contributed by atoms with Crippen LogP contribution >= 0.6 is 0 Å². The minimum Gasteiger partial charge on any atom is -0.461 e. The van der Waals surface area contributed by atoms with Gasteiger partial charge in [-0.1, -0.05) is 0 Å². The average Bonchev–Trinajstić information content (AvgIpc) is 3.19. The first-order valence-corrected chi connectivity index (χ1v) is 10.0. The van der Waals surface area contributed by atoms with Crippen LogP contribution in [0, 0.1) is 0 Å². The van der Waals surface area contributed by atoms with Crippen molar-refractivity contribution in [2.45, 2.75) is 83.4 Å². The van der Waals surface area contributed by atoms with Crippen molar-refractivity contribution in [3.63, 3.8) is 0 Å². The number of epoxide rings is 1. The van der Waals surface area contributed by atoms with Crippen LogP contribution in [-0.2, 0) is 47.7 Å². The Balaban J connectivity index is 2.12.